The fourth-order valence-electron chi connectivity index (χ4n) is 2.03. The molecular formula is C15H15N3O4S. The maximum absolute atomic E-state index is 12.1. The Morgan fingerprint density at radius 3 is 2.61 bits per heavy atom. The van der Waals surface area contributed by atoms with Gasteiger partial charge in [-0.15, -0.1) is 0 Å². The minimum Gasteiger partial charge on any atom is -0.283 e. The van der Waals surface area contributed by atoms with Crippen molar-refractivity contribution in [2.75, 3.05) is 0 Å². The average molecular weight is 333 g/mol. The third-order valence-electron chi connectivity index (χ3n) is 3.07. The van der Waals surface area contributed by atoms with Gasteiger partial charge >= 0.3 is 5.69 Å². The first kappa shape index (κ1) is 16.8. The smallest absolute Gasteiger partial charge is 0.283 e. The molecule has 0 spiro atoms. The van der Waals surface area contributed by atoms with Crippen molar-refractivity contribution in [1.82, 2.24) is 9.55 Å². The van der Waals surface area contributed by atoms with Crippen molar-refractivity contribution in [3.8, 4) is 0 Å². The van der Waals surface area contributed by atoms with Crippen molar-refractivity contribution in [1.29, 1.82) is 0 Å². The number of allylic oxidation sites excluding steroid dienone is 1. The van der Waals surface area contributed by atoms with Crippen LogP contribution in [0.2, 0.25) is 0 Å². The van der Waals surface area contributed by atoms with Gasteiger partial charge < -0.3 is 0 Å². The molecule has 1 heterocycles. The van der Waals surface area contributed by atoms with E-state index in [2.05, 4.69) is 4.98 Å². The zero-order valence-electron chi connectivity index (χ0n) is 12.4. The molecule has 1 aromatic carbocycles. The maximum atomic E-state index is 12.1. The number of nitrogens with zero attached hydrogens (tertiary/aromatic N) is 2. The predicted octanol–water partition coefficient (Wildman–Crippen LogP) is 2.04. The highest BCUT2D eigenvalue weighted by atomic mass is 32.2. The molecule has 0 unspecified atom stereocenters. The van der Waals surface area contributed by atoms with Gasteiger partial charge in [-0.2, -0.15) is 0 Å². The lowest BCUT2D eigenvalue weighted by atomic mass is 10.2. The Labute approximate surface area is 135 Å². The van der Waals surface area contributed by atoms with Crippen molar-refractivity contribution in [3.05, 3.63) is 79.1 Å². The summed E-state index contributed by atoms with van der Waals surface area (Å²) in [7, 11) is 0. The van der Waals surface area contributed by atoms with Gasteiger partial charge in [-0.1, -0.05) is 36.9 Å². The highest BCUT2D eigenvalue weighted by Gasteiger charge is 2.14. The molecular weight excluding hydrogens is 318 g/mol. The summed E-state index contributed by atoms with van der Waals surface area (Å²) < 4.78 is 1.33. The van der Waals surface area contributed by atoms with Gasteiger partial charge in [0, 0.05) is 16.5 Å². The van der Waals surface area contributed by atoms with Crippen molar-refractivity contribution in [3.63, 3.8) is 0 Å². The van der Waals surface area contributed by atoms with Crippen LogP contribution in [0, 0.1) is 10.1 Å². The first-order valence-corrected chi connectivity index (χ1v) is 7.73. The lowest BCUT2D eigenvalue weighted by Crippen LogP contribution is -2.33. The number of rotatable bonds is 6. The summed E-state index contributed by atoms with van der Waals surface area (Å²) in [5, 5.41) is 10.9. The Kier molecular flexibility index (Phi) is 5.53. The first-order valence-electron chi connectivity index (χ1n) is 6.92. The molecule has 1 N–H and O–H groups in total. The standard InChI is InChI=1S/C15H15N3O4S/c1-2-12-13(19)16-15(20)17(9-6-10-18(21)22)14(12)23-11-7-4-3-5-8-11/h3-8,10H,2,9H2,1H3,(H,16,19,20). The topological polar surface area (TPSA) is 98.0 Å². The third-order valence-corrected chi connectivity index (χ3v) is 4.24. The maximum Gasteiger partial charge on any atom is 0.329 e. The van der Waals surface area contributed by atoms with Gasteiger partial charge in [0.15, 0.2) is 0 Å². The van der Waals surface area contributed by atoms with Crippen LogP contribution < -0.4 is 11.2 Å². The number of hydrogen-bond acceptors (Lipinski definition) is 5. The average Bonchev–Trinajstić information content (AvgIpc) is 2.51. The molecule has 1 aromatic heterocycles. The van der Waals surface area contributed by atoms with E-state index < -0.39 is 16.2 Å². The number of H-pyrrole nitrogens is 1. The molecule has 0 aliphatic carbocycles. The van der Waals surface area contributed by atoms with Crippen molar-refractivity contribution in [2.24, 2.45) is 0 Å². The Hall–Kier alpha value is -2.61. The van der Waals surface area contributed by atoms with Gasteiger partial charge in [-0.25, -0.2) is 4.79 Å². The van der Waals surface area contributed by atoms with E-state index in [-0.39, 0.29) is 6.54 Å². The lowest BCUT2D eigenvalue weighted by molar-refractivity contribution is -0.402. The highest BCUT2D eigenvalue weighted by molar-refractivity contribution is 7.99. The zero-order chi connectivity index (χ0) is 16.8. The monoisotopic (exact) mass is 333 g/mol. The molecule has 120 valence electrons. The van der Waals surface area contributed by atoms with Crippen LogP contribution in [-0.2, 0) is 13.0 Å². The summed E-state index contributed by atoms with van der Waals surface area (Å²) in [5.74, 6) is 0. The van der Waals surface area contributed by atoms with E-state index in [1.165, 1.54) is 22.4 Å². The van der Waals surface area contributed by atoms with E-state index >= 15 is 0 Å². The minimum atomic E-state index is -0.596. The van der Waals surface area contributed by atoms with E-state index in [0.29, 0.717) is 17.0 Å². The van der Waals surface area contributed by atoms with Crippen LogP contribution in [0.3, 0.4) is 0 Å². The highest BCUT2D eigenvalue weighted by Crippen LogP contribution is 2.28. The van der Waals surface area contributed by atoms with Crippen LogP contribution in [-0.4, -0.2) is 14.5 Å². The second kappa shape index (κ2) is 7.59. The molecule has 0 aliphatic heterocycles. The van der Waals surface area contributed by atoms with Crippen molar-refractivity contribution < 1.29 is 4.92 Å². The van der Waals surface area contributed by atoms with Gasteiger partial charge in [0.2, 0.25) is 6.20 Å². The van der Waals surface area contributed by atoms with Crippen molar-refractivity contribution in [2.45, 2.75) is 29.8 Å². The molecule has 0 aliphatic rings. The van der Waals surface area contributed by atoms with Gasteiger partial charge in [-0.05, 0) is 18.6 Å². The minimum absolute atomic E-state index is 0.0127. The molecule has 0 saturated heterocycles. The van der Waals surface area contributed by atoms with E-state index in [1.54, 1.807) is 0 Å². The summed E-state index contributed by atoms with van der Waals surface area (Å²) in [6, 6.07) is 9.32. The number of benzene rings is 1. The van der Waals surface area contributed by atoms with Crippen LogP contribution >= 0.6 is 11.8 Å². The van der Waals surface area contributed by atoms with Gasteiger partial charge in [0.1, 0.15) is 0 Å². The molecule has 8 heteroatoms. The number of nitrogens with one attached hydrogen (secondary N) is 1. The number of nitro groups is 1. The molecule has 2 rings (SSSR count). The Bertz CT molecular complexity index is 840. The quantitative estimate of drug-likeness (QED) is 0.495. The normalized spacial score (nSPS) is 11.0. The molecule has 0 fully saturated rings. The van der Waals surface area contributed by atoms with Crippen LogP contribution in [0.5, 0.6) is 0 Å². The number of aromatic amines is 1. The lowest BCUT2D eigenvalue weighted by Gasteiger charge is -2.13. The van der Waals surface area contributed by atoms with Crippen LogP contribution in [0.4, 0.5) is 0 Å². The Morgan fingerprint density at radius 1 is 1.30 bits per heavy atom. The molecule has 7 nitrogen and oxygen atoms in total. The fraction of sp³-hybridized carbons (Fsp3) is 0.200. The van der Waals surface area contributed by atoms with Gasteiger partial charge in [0.05, 0.1) is 16.5 Å². The van der Waals surface area contributed by atoms with Crippen molar-refractivity contribution >= 4 is 11.8 Å². The summed E-state index contributed by atoms with van der Waals surface area (Å²) in [5.41, 5.74) is -0.531. The molecule has 0 amide bonds. The van der Waals surface area contributed by atoms with E-state index in [1.807, 2.05) is 37.3 Å². The molecule has 0 radical (unpaired) electrons. The molecule has 0 atom stereocenters. The molecule has 0 bridgehead atoms. The zero-order valence-corrected chi connectivity index (χ0v) is 13.2. The molecule has 23 heavy (non-hydrogen) atoms. The largest absolute Gasteiger partial charge is 0.329 e. The number of aromatic nitrogens is 2. The van der Waals surface area contributed by atoms with Gasteiger partial charge in [0.25, 0.3) is 5.56 Å². The fourth-order valence-corrected chi connectivity index (χ4v) is 3.17. The SMILES string of the molecule is CCc1c(Sc2ccccc2)n(CC=C[N+](=O)[O-])c(=O)[nH]c1=O. The van der Waals surface area contributed by atoms with E-state index in [0.717, 1.165) is 11.1 Å². The Balaban J connectivity index is 2.53. The van der Waals surface area contributed by atoms with Crippen LogP contribution in [0.15, 0.2) is 62.1 Å². The summed E-state index contributed by atoms with van der Waals surface area (Å²) in [4.78, 5) is 37.0. The Morgan fingerprint density at radius 2 is 2.00 bits per heavy atom. The van der Waals surface area contributed by atoms with Gasteiger partial charge in [-0.3, -0.25) is 24.5 Å². The molecule has 0 saturated carbocycles. The summed E-state index contributed by atoms with van der Waals surface area (Å²) >= 11 is 1.29. The number of hydrogen-bond donors (Lipinski definition) is 1. The predicted molar refractivity (Wildman–Crippen MR) is 87.4 cm³/mol. The molecule has 2 aromatic rings. The summed E-state index contributed by atoms with van der Waals surface area (Å²) in [6.45, 7) is 1.83. The van der Waals surface area contributed by atoms with Crippen LogP contribution in [0.1, 0.15) is 12.5 Å². The second-order valence-electron chi connectivity index (χ2n) is 4.59. The summed E-state index contributed by atoms with van der Waals surface area (Å²) in [6.07, 6.45) is 2.50. The first-order chi connectivity index (χ1) is 11.0. The third kappa shape index (κ3) is 4.19. The van der Waals surface area contributed by atoms with Crippen LogP contribution in [0.25, 0.3) is 0 Å². The second-order valence-corrected chi connectivity index (χ2v) is 5.65. The van der Waals surface area contributed by atoms with E-state index in [4.69, 9.17) is 0 Å². The van der Waals surface area contributed by atoms with E-state index in [9.17, 15) is 19.7 Å².